The summed E-state index contributed by atoms with van der Waals surface area (Å²) in [6, 6.07) is 8.01. The maximum atomic E-state index is 11.3. The quantitative estimate of drug-likeness (QED) is 0.739. The van der Waals surface area contributed by atoms with Gasteiger partial charge in [-0.1, -0.05) is 31.5 Å². The minimum Gasteiger partial charge on any atom is -0.331 e. The van der Waals surface area contributed by atoms with E-state index in [1.54, 1.807) is 0 Å². The van der Waals surface area contributed by atoms with Crippen molar-refractivity contribution in [2.45, 2.75) is 25.8 Å². The van der Waals surface area contributed by atoms with Crippen molar-refractivity contribution in [3.05, 3.63) is 29.8 Å². The molecule has 0 bridgehead atoms. The molecule has 0 aliphatic carbocycles. The van der Waals surface area contributed by atoms with Gasteiger partial charge in [0, 0.05) is 5.69 Å². The monoisotopic (exact) mass is 190 g/mol. The van der Waals surface area contributed by atoms with Crippen LogP contribution in [0.2, 0.25) is 0 Å². The number of carbonyl (C=O) groups excluding carboxylic acids is 1. The Morgan fingerprint density at radius 1 is 1.36 bits per heavy atom. The lowest BCUT2D eigenvalue weighted by atomic mass is 9.99. The van der Waals surface area contributed by atoms with E-state index in [0.717, 1.165) is 18.5 Å². The van der Waals surface area contributed by atoms with E-state index in [2.05, 4.69) is 23.6 Å². The van der Waals surface area contributed by atoms with Crippen molar-refractivity contribution in [3.63, 3.8) is 0 Å². The number of para-hydroxylation sites is 1. The maximum absolute atomic E-state index is 11.3. The van der Waals surface area contributed by atoms with E-state index >= 15 is 0 Å². The number of nitrogens with one attached hydrogen (secondary N) is 2. The normalized spacial score (nSPS) is 19.5. The van der Waals surface area contributed by atoms with Crippen LogP contribution in [0.15, 0.2) is 24.3 Å². The fourth-order valence-electron chi connectivity index (χ4n) is 1.83. The van der Waals surface area contributed by atoms with Crippen molar-refractivity contribution in [2.75, 3.05) is 5.32 Å². The zero-order chi connectivity index (χ0) is 9.97. The molecule has 3 heteroatoms. The lowest BCUT2D eigenvalue weighted by Crippen LogP contribution is -2.37. The average molecular weight is 190 g/mol. The third-order valence-corrected chi connectivity index (χ3v) is 2.47. The zero-order valence-corrected chi connectivity index (χ0v) is 8.21. The van der Waals surface area contributed by atoms with Gasteiger partial charge >= 0.3 is 6.03 Å². The Bertz CT molecular complexity index is 349. The molecule has 1 aliphatic heterocycles. The highest BCUT2D eigenvalue weighted by Crippen LogP contribution is 2.29. The first kappa shape index (κ1) is 9.06. The summed E-state index contributed by atoms with van der Waals surface area (Å²) in [5, 5.41) is 5.72. The number of anilines is 1. The molecule has 1 aromatic carbocycles. The van der Waals surface area contributed by atoms with Gasteiger partial charge in [-0.3, -0.25) is 0 Å². The molecule has 1 aromatic rings. The Kier molecular flexibility index (Phi) is 2.39. The third-order valence-electron chi connectivity index (χ3n) is 2.47. The fraction of sp³-hybridized carbons (Fsp3) is 0.364. The number of benzene rings is 1. The lowest BCUT2D eigenvalue weighted by Gasteiger charge is -2.26. The van der Waals surface area contributed by atoms with E-state index in [9.17, 15) is 4.79 Å². The van der Waals surface area contributed by atoms with Crippen molar-refractivity contribution >= 4 is 11.7 Å². The topological polar surface area (TPSA) is 41.1 Å². The molecule has 0 aromatic heterocycles. The molecule has 2 N–H and O–H groups in total. The first-order valence-corrected chi connectivity index (χ1v) is 4.97. The average Bonchev–Trinajstić information content (AvgIpc) is 2.18. The largest absolute Gasteiger partial charge is 0.331 e. The number of urea groups is 1. The first-order chi connectivity index (χ1) is 6.81. The van der Waals surface area contributed by atoms with Crippen LogP contribution in [0.3, 0.4) is 0 Å². The van der Waals surface area contributed by atoms with Gasteiger partial charge in [-0.05, 0) is 18.1 Å². The summed E-state index contributed by atoms with van der Waals surface area (Å²) in [5.41, 5.74) is 2.13. The Morgan fingerprint density at radius 3 is 2.93 bits per heavy atom. The van der Waals surface area contributed by atoms with Crippen LogP contribution in [0.25, 0.3) is 0 Å². The SMILES string of the molecule is CCCC1NC(=O)Nc2ccccc21. The van der Waals surface area contributed by atoms with Gasteiger partial charge in [0.05, 0.1) is 6.04 Å². The molecule has 0 saturated carbocycles. The molecular formula is C11H14N2O. The second-order valence-corrected chi connectivity index (χ2v) is 3.53. The van der Waals surface area contributed by atoms with Crippen LogP contribution in [0.4, 0.5) is 10.5 Å². The molecule has 74 valence electrons. The molecule has 1 aliphatic rings. The number of rotatable bonds is 2. The van der Waals surface area contributed by atoms with Gasteiger partial charge in [-0.25, -0.2) is 4.79 Å². The fourth-order valence-corrected chi connectivity index (χ4v) is 1.83. The van der Waals surface area contributed by atoms with E-state index in [1.807, 2.05) is 18.2 Å². The molecular weight excluding hydrogens is 176 g/mol. The maximum Gasteiger partial charge on any atom is 0.319 e. The van der Waals surface area contributed by atoms with Gasteiger partial charge < -0.3 is 10.6 Å². The molecule has 1 atom stereocenters. The van der Waals surface area contributed by atoms with Crippen LogP contribution in [-0.4, -0.2) is 6.03 Å². The van der Waals surface area contributed by atoms with Gasteiger partial charge in [0.25, 0.3) is 0 Å². The molecule has 3 nitrogen and oxygen atoms in total. The molecule has 0 spiro atoms. The van der Waals surface area contributed by atoms with Crippen molar-refractivity contribution < 1.29 is 4.79 Å². The zero-order valence-electron chi connectivity index (χ0n) is 8.21. The van der Waals surface area contributed by atoms with Gasteiger partial charge in [0.1, 0.15) is 0 Å². The highest BCUT2D eigenvalue weighted by molar-refractivity contribution is 5.92. The second-order valence-electron chi connectivity index (χ2n) is 3.53. The second kappa shape index (κ2) is 3.70. The number of carbonyl (C=O) groups is 1. The molecule has 0 fully saturated rings. The summed E-state index contributed by atoms with van der Waals surface area (Å²) < 4.78 is 0. The molecule has 0 radical (unpaired) electrons. The van der Waals surface area contributed by atoms with Crippen molar-refractivity contribution in [1.29, 1.82) is 0 Å². The highest BCUT2D eigenvalue weighted by atomic mass is 16.2. The van der Waals surface area contributed by atoms with E-state index < -0.39 is 0 Å². The summed E-state index contributed by atoms with van der Waals surface area (Å²) in [6.07, 6.45) is 2.06. The summed E-state index contributed by atoms with van der Waals surface area (Å²) in [4.78, 5) is 11.3. The van der Waals surface area contributed by atoms with Gasteiger partial charge in [-0.15, -0.1) is 0 Å². The third kappa shape index (κ3) is 1.58. The predicted molar refractivity (Wildman–Crippen MR) is 56.2 cm³/mol. The van der Waals surface area contributed by atoms with Gasteiger partial charge in [-0.2, -0.15) is 0 Å². The van der Waals surface area contributed by atoms with Crippen molar-refractivity contribution in [1.82, 2.24) is 5.32 Å². The Balaban J connectivity index is 2.33. The summed E-state index contributed by atoms with van der Waals surface area (Å²) in [7, 11) is 0. The molecule has 14 heavy (non-hydrogen) atoms. The number of hydrogen-bond donors (Lipinski definition) is 2. The van der Waals surface area contributed by atoms with E-state index in [4.69, 9.17) is 0 Å². The van der Waals surface area contributed by atoms with Crippen LogP contribution in [0.1, 0.15) is 31.4 Å². The van der Waals surface area contributed by atoms with E-state index in [-0.39, 0.29) is 12.1 Å². The number of fused-ring (bicyclic) bond motifs is 1. The smallest absolute Gasteiger partial charge is 0.319 e. The van der Waals surface area contributed by atoms with E-state index in [0.29, 0.717) is 0 Å². The minimum atomic E-state index is -0.0952. The van der Waals surface area contributed by atoms with Gasteiger partial charge in [0.2, 0.25) is 0 Å². The van der Waals surface area contributed by atoms with Crippen molar-refractivity contribution in [3.8, 4) is 0 Å². The summed E-state index contributed by atoms with van der Waals surface area (Å²) in [6.45, 7) is 2.12. The Morgan fingerprint density at radius 2 is 2.14 bits per heavy atom. The highest BCUT2D eigenvalue weighted by Gasteiger charge is 2.22. The predicted octanol–water partition coefficient (Wildman–Crippen LogP) is 2.66. The minimum absolute atomic E-state index is 0.0952. The molecule has 1 heterocycles. The molecule has 2 amide bonds. The van der Waals surface area contributed by atoms with Crippen LogP contribution < -0.4 is 10.6 Å². The standard InChI is InChI=1S/C11H14N2O/c1-2-5-9-8-6-3-4-7-10(8)13-11(14)12-9/h3-4,6-7,9H,2,5H2,1H3,(H2,12,13,14). The summed E-state index contributed by atoms with van der Waals surface area (Å²) in [5.74, 6) is 0. The first-order valence-electron chi connectivity index (χ1n) is 4.97. The van der Waals surface area contributed by atoms with Crippen LogP contribution in [0, 0.1) is 0 Å². The van der Waals surface area contributed by atoms with Gasteiger partial charge in [0.15, 0.2) is 0 Å². The number of hydrogen-bond acceptors (Lipinski definition) is 1. The lowest BCUT2D eigenvalue weighted by molar-refractivity contribution is 0.246. The van der Waals surface area contributed by atoms with Crippen LogP contribution in [-0.2, 0) is 0 Å². The molecule has 0 saturated heterocycles. The summed E-state index contributed by atoms with van der Waals surface area (Å²) >= 11 is 0. The molecule has 1 unspecified atom stereocenters. The Hall–Kier alpha value is -1.51. The van der Waals surface area contributed by atoms with E-state index in [1.165, 1.54) is 5.56 Å². The van der Waals surface area contributed by atoms with Crippen LogP contribution >= 0.6 is 0 Å². The Labute approximate surface area is 83.5 Å². The van der Waals surface area contributed by atoms with Crippen LogP contribution in [0.5, 0.6) is 0 Å². The molecule has 2 rings (SSSR count). The van der Waals surface area contributed by atoms with Crippen molar-refractivity contribution in [2.24, 2.45) is 0 Å². The number of amides is 2.